The third-order valence-electron chi connectivity index (χ3n) is 5.90. The second-order valence-corrected chi connectivity index (χ2v) is 8.31. The van der Waals surface area contributed by atoms with Gasteiger partial charge < -0.3 is 0 Å². The molecule has 0 aromatic heterocycles. The van der Waals surface area contributed by atoms with Gasteiger partial charge in [0.05, 0.1) is 42.0 Å². The Morgan fingerprint density at radius 2 is 0.976 bits per heavy atom. The lowest BCUT2D eigenvalue weighted by molar-refractivity contribution is -0.142. The molecule has 0 atom stereocenters. The van der Waals surface area contributed by atoms with Crippen LogP contribution >= 0.6 is 0 Å². The van der Waals surface area contributed by atoms with Crippen LogP contribution in [0.1, 0.15) is 22.3 Å². The minimum atomic E-state index is -5.40. The Morgan fingerprint density at radius 1 is 0.634 bits per heavy atom. The molecular formula is C28H11F9N4. The summed E-state index contributed by atoms with van der Waals surface area (Å²) in [5.74, 6) is 0. The maximum atomic E-state index is 14.0. The highest BCUT2D eigenvalue weighted by atomic mass is 19.4. The van der Waals surface area contributed by atoms with Crippen LogP contribution in [0, 0.1) is 42.7 Å². The van der Waals surface area contributed by atoms with E-state index >= 15 is 0 Å². The van der Waals surface area contributed by atoms with E-state index in [0.717, 1.165) is 6.07 Å². The van der Waals surface area contributed by atoms with Gasteiger partial charge in [-0.3, -0.25) is 0 Å². The quantitative estimate of drug-likeness (QED) is 0.235. The SMILES string of the molecule is [C-]#[N+]C(C#N)=c1cc(-c2c(C(F)(F)F)cccc2C(F)(F)F)c(=C(C#N)[N+]#[C-])cc1-c1c(C)cccc1C(F)(F)F. The molecule has 206 valence electrons. The van der Waals surface area contributed by atoms with Gasteiger partial charge in [0.2, 0.25) is 0 Å². The number of hydrogen-bond donors (Lipinski definition) is 0. The van der Waals surface area contributed by atoms with Crippen molar-refractivity contribution >= 4 is 11.4 Å². The Hall–Kier alpha value is -5.27. The van der Waals surface area contributed by atoms with E-state index in [1.165, 1.54) is 25.1 Å². The van der Waals surface area contributed by atoms with Gasteiger partial charge in [0.15, 0.2) is 0 Å². The summed E-state index contributed by atoms with van der Waals surface area (Å²) < 4.78 is 126. The number of nitriles is 2. The fraction of sp³-hybridized carbons (Fsp3) is 0.143. The molecule has 41 heavy (non-hydrogen) atoms. The van der Waals surface area contributed by atoms with Gasteiger partial charge in [0.1, 0.15) is 0 Å². The summed E-state index contributed by atoms with van der Waals surface area (Å²) in [5.41, 5.74) is -10.9. The maximum absolute atomic E-state index is 14.0. The molecule has 0 spiro atoms. The van der Waals surface area contributed by atoms with Crippen molar-refractivity contribution in [3.05, 3.63) is 104 Å². The van der Waals surface area contributed by atoms with Crippen LogP contribution in [-0.4, -0.2) is 0 Å². The molecule has 0 heterocycles. The molecule has 4 nitrogen and oxygen atoms in total. The molecule has 13 heteroatoms. The molecule has 0 saturated heterocycles. The van der Waals surface area contributed by atoms with Crippen molar-refractivity contribution in [2.75, 3.05) is 0 Å². The van der Waals surface area contributed by atoms with Gasteiger partial charge in [-0.1, -0.05) is 30.3 Å². The molecule has 0 aliphatic heterocycles. The highest BCUT2D eigenvalue weighted by Crippen LogP contribution is 2.44. The number of hydrogen-bond acceptors (Lipinski definition) is 2. The number of halogens is 9. The Balaban J connectivity index is 2.85. The normalized spacial score (nSPS) is 13.3. The van der Waals surface area contributed by atoms with Gasteiger partial charge >= 0.3 is 18.5 Å². The van der Waals surface area contributed by atoms with Crippen LogP contribution in [0.2, 0.25) is 0 Å². The van der Waals surface area contributed by atoms with E-state index in [-0.39, 0.29) is 5.56 Å². The number of rotatable bonds is 2. The monoisotopic (exact) mass is 574 g/mol. The van der Waals surface area contributed by atoms with Gasteiger partial charge in [-0.2, -0.15) is 39.5 Å². The molecule has 0 N–H and O–H groups in total. The lowest BCUT2D eigenvalue weighted by Gasteiger charge is -2.21. The lowest BCUT2D eigenvalue weighted by Crippen LogP contribution is -2.23. The van der Waals surface area contributed by atoms with E-state index in [1.807, 2.05) is 0 Å². The van der Waals surface area contributed by atoms with Crippen molar-refractivity contribution in [3.8, 4) is 34.4 Å². The molecule has 0 fully saturated rings. The summed E-state index contributed by atoms with van der Waals surface area (Å²) in [6, 6.07) is 7.94. The average molecular weight is 574 g/mol. The zero-order valence-electron chi connectivity index (χ0n) is 20.3. The van der Waals surface area contributed by atoms with Crippen molar-refractivity contribution in [2.24, 2.45) is 0 Å². The number of benzene rings is 3. The third-order valence-corrected chi connectivity index (χ3v) is 5.90. The Kier molecular flexibility index (Phi) is 7.91. The van der Waals surface area contributed by atoms with Gasteiger partial charge in [-0.05, 0) is 57.8 Å². The Morgan fingerprint density at radius 3 is 1.32 bits per heavy atom. The van der Waals surface area contributed by atoms with E-state index < -0.39 is 79.3 Å². The number of aryl methyl sites for hydroxylation is 1. The summed E-state index contributed by atoms with van der Waals surface area (Å²) in [6.07, 6.45) is -15.8. The van der Waals surface area contributed by atoms with E-state index in [4.69, 9.17) is 13.1 Å². The van der Waals surface area contributed by atoms with Crippen LogP contribution < -0.4 is 10.4 Å². The molecule has 3 aromatic carbocycles. The van der Waals surface area contributed by atoms with Crippen molar-refractivity contribution in [3.63, 3.8) is 0 Å². The van der Waals surface area contributed by atoms with Crippen LogP contribution in [0.25, 0.3) is 43.3 Å². The summed E-state index contributed by atoms with van der Waals surface area (Å²) in [7, 11) is 0. The van der Waals surface area contributed by atoms with Gasteiger partial charge in [-0.15, -0.1) is 0 Å². The van der Waals surface area contributed by atoms with Crippen molar-refractivity contribution in [1.29, 1.82) is 10.5 Å². The number of nitrogens with zero attached hydrogens (tertiary/aromatic N) is 4. The number of alkyl halides is 9. The van der Waals surface area contributed by atoms with E-state index in [2.05, 4.69) is 9.69 Å². The smallest absolute Gasteiger partial charge is 0.226 e. The molecule has 0 radical (unpaired) electrons. The van der Waals surface area contributed by atoms with Crippen LogP contribution in [0.15, 0.2) is 48.5 Å². The van der Waals surface area contributed by atoms with Crippen molar-refractivity contribution < 1.29 is 39.5 Å². The fourth-order valence-corrected chi connectivity index (χ4v) is 4.27. The molecule has 3 aromatic rings. The van der Waals surface area contributed by atoms with Crippen molar-refractivity contribution in [2.45, 2.75) is 25.5 Å². The Labute approximate surface area is 225 Å². The topological polar surface area (TPSA) is 56.3 Å². The van der Waals surface area contributed by atoms with E-state index in [0.29, 0.717) is 36.4 Å². The first-order valence-electron chi connectivity index (χ1n) is 10.9. The molecule has 0 aliphatic carbocycles. The van der Waals surface area contributed by atoms with Crippen molar-refractivity contribution in [1.82, 2.24) is 0 Å². The van der Waals surface area contributed by atoms with Gasteiger partial charge in [-0.25, -0.2) is 20.2 Å². The molecule has 0 saturated carbocycles. The highest BCUT2D eigenvalue weighted by molar-refractivity contribution is 5.85. The predicted molar refractivity (Wildman–Crippen MR) is 128 cm³/mol. The third kappa shape index (κ3) is 5.71. The van der Waals surface area contributed by atoms with Crippen LogP contribution in [0.5, 0.6) is 0 Å². The molecular weight excluding hydrogens is 563 g/mol. The molecule has 3 rings (SSSR count). The molecule has 0 bridgehead atoms. The predicted octanol–water partition coefficient (Wildman–Crippen LogP) is 7.49. The average Bonchev–Trinajstić information content (AvgIpc) is 2.88. The van der Waals surface area contributed by atoms with Gasteiger partial charge in [0.25, 0.3) is 11.4 Å². The summed E-state index contributed by atoms with van der Waals surface area (Å²) in [4.78, 5) is 5.80. The minimum absolute atomic E-state index is 0.0879. The van der Waals surface area contributed by atoms with E-state index in [1.54, 1.807) is 0 Å². The maximum Gasteiger partial charge on any atom is 0.417 e. The highest BCUT2D eigenvalue weighted by Gasteiger charge is 2.41. The first-order valence-corrected chi connectivity index (χ1v) is 10.9. The largest absolute Gasteiger partial charge is 0.417 e. The fourth-order valence-electron chi connectivity index (χ4n) is 4.27. The van der Waals surface area contributed by atoms with Crippen LogP contribution in [-0.2, 0) is 18.5 Å². The zero-order valence-corrected chi connectivity index (χ0v) is 20.3. The second-order valence-electron chi connectivity index (χ2n) is 8.31. The first-order chi connectivity index (χ1) is 19.0. The molecule has 0 amide bonds. The summed E-state index contributed by atoms with van der Waals surface area (Å²) in [5, 5.41) is 17.5. The summed E-state index contributed by atoms with van der Waals surface area (Å²) in [6.45, 7) is 15.9. The van der Waals surface area contributed by atoms with Crippen LogP contribution in [0.3, 0.4) is 0 Å². The molecule has 0 unspecified atom stereocenters. The molecule has 0 aliphatic rings. The Bertz CT molecular complexity index is 1790. The van der Waals surface area contributed by atoms with E-state index in [9.17, 15) is 50.0 Å². The standard InChI is InChI=1S/C28H11F9N4/c1-14-6-4-7-19(26(29,30)31)24(14)17-10-16(23(13-39)41-3)18(11-15(17)22(12-38)40-2)25-20(27(32,33)34)8-5-9-21(25)28(35,36)37/h4-11H,1H3. The van der Waals surface area contributed by atoms with Crippen LogP contribution in [0.4, 0.5) is 39.5 Å². The summed E-state index contributed by atoms with van der Waals surface area (Å²) >= 11 is 0. The zero-order chi connectivity index (χ0) is 30.9. The van der Waals surface area contributed by atoms with Gasteiger partial charge in [0, 0.05) is 5.56 Å². The first kappa shape index (κ1) is 30.3. The minimum Gasteiger partial charge on any atom is -0.226 e. The lowest BCUT2D eigenvalue weighted by atomic mass is 9.86. The second kappa shape index (κ2) is 10.7.